The number of halogens is 1. The minimum atomic E-state index is -1.05. The van der Waals surface area contributed by atoms with Crippen molar-refractivity contribution >= 4 is 33.7 Å². The maximum atomic E-state index is 12.6. The molecule has 0 aliphatic heterocycles. The second-order valence-electron chi connectivity index (χ2n) is 5.57. The maximum Gasteiger partial charge on any atom is 0.137 e. The van der Waals surface area contributed by atoms with Gasteiger partial charge in [-0.15, -0.1) is 11.3 Å². The predicted molar refractivity (Wildman–Crippen MR) is 100 cm³/mol. The van der Waals surface area contributed by atoms with Crippen molar-refractivity contribution in [1.82, 2.24) is 14.8 Å². The number of aryl methyl sites for hydroxylation is 3. The molecule has 0 saturated heterocycles. The highest BCUT2D eigenvalue weighted by molar-refractivity contribution is 7.83. The van der Waals surface area contributed by atoms with E-state index in [1.54, 1.807) is 16.0 Å². The minimum absolute atomic E-state index is 0.397. The van der Waals surface area contributed by atoms with Gasteiger partial charge in [0.25, 0.3) is 0 Å². The van der Waals surface area contributed by atoms with Gasteiger partial charge in [0.15, 0.2) is 0 Å². The zero-order valence-corrected chi connectivity index (χ0v) is 16.1. The third kappa shape index (κ3) is 3.61. The highest BCUT2D eigenvalue weighted by atomic mass is 35.5. The standard InChI is InChI=1S/C17H18ClN3OS2/c1-11-15(9-24(22)10-16-12(2)19-13(3)23-16)17(18)21(20-11)14-7-5-4-6-8-14/h4-8H,9-10H2,1-3H3/t24-/m0/s1. The molecule has 0 amide bonds. The van der Waals surface area contributed by atoms with Crippen LogP contribution in [-0.2, 0) is 22.3 Å². The third-order valence-electron chi connectivity index (χ3n) is 3.72. The Balaban J connectivity index is 1.82. The lowest BCUT2D eigenvalue weighted by atomic mass is 10.3. The fourth-order valence-corrected chi connectivity index (χ4v) is 5.55. The van der Waals surface area contributed by atoms with Crippen molar-refractivity contribution in [3.05, 3.63) is 62.3 Å². The molecule has 1 atom stereocenters. The second kappa shape index (κ2) is 7.17. The molecule has 3 rings (SSSR count). The van der Waals surface area contributed by atoms with Gasteiger partial charge in [-0.25, -0.2) is 9.67 Å². The number of thiazole rings is 1. The number of hydrogen-bond donors (Lipinski definition) is 0. The number of rotatable bonds is 5. The van der Waals surface area contributed by atoms with Crippen LogP contribution >= 0.6 is 22.9 Å². The first-order valence-electron chi connectivity index (χ1n) is 7.53. The molecule has 0 aliphatic carbocycles. The second-order valence-corrected chi connectivity index (χ2v) is 8.67. The molecular formula is C17H18ClN3OS2. The first-order valence-corrected chi connectivity index (χ1v) is 10.2. The van der Waals surface area contributed by atoms with E-state index < -0.39 is 10.8 Å². The van der Waals surface area contributed by atoms with Crippen molar-refractivity contribution in [3.63, 3.8) is 0 Å². The van der Waals surface area contributed by atoms with Crippen molar-refractivity contribution in [2.75, 3.05) is 0 Å². The zero-order chi connectivity index (χ0) is 17.3. The Labute approximate surface area is 153 Å². The Hall–Kier alpha value is -1.50. The van der Waals surface area contributed by atoms with E-state index in [4.69, 9.17) is 11.6 Å². The first kappa shape index (κ1) is 17.3. The van der Waals surface area contributed by atoms with Crippen molar-refractivity contribution in [1.29, 1.82) is 0 Å². The minimum Gasteiger partial charge on any atom is -0.259 e. The number of para-hydroxylation sites is 1. The van der Waals surface area contributed by atoms with E-state index in [0.717, 1.165) is 32.5 Å². The highest BCUT2D eigenvalue weighted by Crippen LogP contribution is 2.26. The van der Waals surface area contributed by atoms with Crippen LogP contribution in [0.15, 0.2) is 30.3 Å². The molecule has 0 N–H and O–H groups in total. The molecule has 2 heterocycles. The molecular weight excluding hydrogens is 362 g/mol. The van der Waals surface area contributed by atoms with Crippen LogP contribution in [0.2, 0.25) is 5.15 Å². The Kier molecular flexibility index (Phi) is 5.18. The summed E-state index contributed by atoms with van der Waals surface area (Å²) >= 11 is 8.11. The van der Waals surface area contributed by atoms with Crippen LogP contribution < -0.4 is 0 Å². The molecule has 1 aromatic carbocycles. The number of benzene rings is 1. The van der Waals surface area contributed by atoms with Crippen molar-refractivity contribution in [2.45, 2.75) is 32.3 Å². The van der Waals surface area contributed by atoms with Crippen LogP contribution in [0.5, 0.6) is 0 Å². The Morgan fingerprint density at radius 1 is 1.12 bits per heavy atom. The quantitative estimate of drug-likeness (QED) is 0.661. The molecule has 0 unspecified atom stereocenters. The van der Waals surface area contributed by atoms with E-state index >= 15 is 0 Å². The summed E-state index contributed by atoms with van der Waals surface area (Å²) in [6.45, 7) is 5.83. The highest BCUT2D eigenvalue weighted by Gasteiger charge is 2.18. The van der Waals surface area contributed by atoms with Gasteiger partial charge in [0, 0.05) is 21.2 Å². The van der Waals surface area contributed by atoms with Gasteiger partial charge in [-0.3, -0.25) is 4.21 Å². The van der Waals surface area contributed by atoms with Crippen LogP contribution in [0.3, 0.4) is 0 Å². The first-order chi connectivity index (χ1) is 11.5. The largest absolute Gasteiger partial charge is 0.259 e. The average molecular weight is 380 g/mol. The van der Waals surface area contributed by atoms with Crippen LogP contribution in [0.4, 0.5) is 0 Å². The lowest BCUT2D eigenvalue weighted by Gasteiger charge is -2.04. The van der Waals surface area contributed by atoms with Gasteiger partial charge < -0.3 is 0 Å². The summed E-state index contributed by atoms with van der Waals surface area (Å²) in [6, 6.07) is 9.72. The lowest BCUT2D eigenvalue weighted by molar-refractivity contribution is 0.682. The molecule has 24 heavy (non-hydrogen) atoms. The summed E-state index contributed by atoms with van der Waals surface area (Å²) in [4.78, 5) is 5.47. The van der Waals surface area contributed by atoms with Crippen LogP contribution in [0, 0.1) is 20.8 Å². The molecule has 2 aromatic heterocycles. The average Bonchev–Trinajstić information content (AvgIpc) is 3.01. The molecule has 7 heteroatoms. The Bertz CT molecular complexity index is 887. The fourth-order valence-electron chi connectivity index (χ4n) is 2.50. The van der Waals surface area contributed by atoms with Crippen LogP contribution in [-0.4, -0.2) is 19.0 Å². The van der Waals surface area contributed by atoms with E-state index in [0.29, 0.717) is 16.7 Å². The smallest absolute Gasteiger partial charge is 0.137 e. The molecule has 0 aliphatic rings. The van der Waals surface area contributed by atoms with E-state index in [1.165, 1.54) is 0 Å². The molecule has 0 fully saturated rings. The Morgan fingerprint density at radius 2 is 1.83 bits per heavy atom. The van der Waals surface area contributed by atoms with E-state index in [-0.39, 0.29) is 0 Å². The van der Waals surface area contributed by atoms with Gasteiger partial charge in [-0.05, 0) is 32.9 Å². The monoisotopic (exact) mass is 379 g/mol. The number of hydrogen-bond acceptors (Lipinski definition) is 4. The van der Waals surface area contributed by atoms with Crippen LogP contribution in [0.25, 0.3) is 5.69 Å². The van der Waals surface area contributed by atoms with Gasteiger partial charge in [0.2, 0.25) is 0 Å². The normalized spacial score (nSPS) is 12.5. The molecule has 0 spiro atoms. The van der Waals surface area contributed by atoms with Gasteiger partial charge in [0.1, 0.15) is 5.15 Å². The molecule has 4 nitrogen and oxygen atoms in total. The van der Waals surface area contributed by atoms with E-state index in [1.807, 2.05) is 51.1 Å². The number of nitrogens with zero attached hydrogens (tertiary/aromatic N) is 3. The molecule has 0 bridgehead atoms. The summed E-state index contributed by atoms with van der Waals surface area (Å²) in [7, 11) is -1.05. The maximum absolute atomic E-state index is 12.6. The summed E-state index contributed by atoms with van der Waals surface area (Å²) in [5.74, 6) is 0.900. The summed E-state index contributed by atoms with van der Waals surface area (Å²) in [5.41, 5.74) is 3.53. The van der Waals surface area contributed by atoms with Gasteiger partial charge >= 0.3 is 0 Å². The molecule has 126 valence electrons. The molecule has 3 aromatic rings. The Morgan fingerprint density at radius 3 is 2.46 bits per heavy atom. The third-order valence-corrected chi connectivity index (χ3v) is 6.58. The van der Waals surface area contributed by atoms with E-state index in [9.17, 15) is 4.21 Å². The van der Waals surface area contributed by atoms with Gasteiger partial charge in [-0.2, -0.15) is 5.10 Å². The molecule has 0 saturated carbocycles. The summed E-state index contributed by atoms with van der Waals surface area (Å²) < 4.78 is 14.3. The summed E-state index contributed by atoms with van der Waals surface area (Å²) in [6.07, 6.45) is 0. The topological polar surface area (TPSA) is 47.8 Å². The van der Waals surface area contributed by atoms with E-state index in [2.05, 4.69) is 10.1 Å². The fraction of sp³-hybridized carbons (Fsp3) is 0.294. The molecule has 0 radical (unpaired) electrons. The SMILES string of the molecule is Cc1nc(C)c(C[S@@](=O)Cc2c(C)nn(-c3ccccc3)c2Cl)s1. The van der Waals surface area contributed by atoms with Crippen LogP contribution in [0.1, 0.15) is 26.8 Å². The lowest BCUT2D eigenvalue weighted by Crippen LogP contribution is -2.01. The zero-order valence-electron chi connectivity index (χ0n) is 13.7. The van der Waals surface area contributed by atoms with Gasteiger partial charge in [0.05, 0.1) is 33.6 Å². The summed E-state index contributed by atoms with van der Waals surface area (Å²) in [5, 5.41) is 6.04. The number of aromatic nitrogens is 3. The predicted octanol–water partition coefficient (Wildman–Crippen LogP) is 4.36. The van der Waals surface area contributed by atoms with Gasteiger partial charge in [-0.1, -0.05) is 29.8 Å². The van der Waals surface area contributed by atoms with Crippen molar-refractivity contribution in [3.8, 4) is 5.69 Å². The van der Waals surface area contributed by atoms with Crippen molar-refractivity contribution < 1.29 is 4.21 Å². The van der Waals surface area contributed by atoms with Crippen molar-refractivity contribution in [2.24, 2.45) is 0 Å².